The van der Waals surface area contributed by atoms with E-state index in [9.17, 15) is 10.1 Å². The minimum Gasteiger partial charge on any atom is -0.397 e. The fraction of sp³-hybridized carbons (Fsp3) is 0.333. The molecule has 0 aromatic carbocycles. The van der Waals surface area contributed by atoms with Crippen LogP contribution in [0.1, 0.15) is 6.92 Å². The minimum atomic E-state index is -0.610. The van der Waals surface area contributed by atoms with E-state index in [1.807, 2.05) is 6.92 Å². The lowest BCUT2D eigenvalue weighted by Crippen LogP contribution is -2.39. The number of amidine groups is 1. The molecule has 1 aliphatic heterocycles. The summed E-state index contributed by atoms with van der Waals surface area (Å²) in [5, 5.41) is 23.2. The van der Waals surface area contributed by atoms with Crippen molar-refractivity contribution in [2.75, 3.05) is 26.3 Å². The standard InChI is InChI=1S/C15H15N7O4/c1-10(20-6-8-25-9-7-20)16-12-3-4-13-17-18-15(21(13)19-12)11-2-5-14(26-11)22(23)24/h2-5H,6-9H2,1H3. The highest BCUT2D eigenvalue weighted by Gasteiger charge is 2.18. The zero-order valence-corrected chi connectivity index (χ0v) is 13.9. The van der Waals surface area contributed by atoms with Crippen LogP contribution in [0, 0.1) is 10.1 Å². The number of nitro groups is 1. The Bertz CT molecular complexity index is 987. The highest BCUT2D eigenvalue weighted by molar-refractivity contribution is 5.82. The molecule has 26 heavy (non-hydrogen) atoms. The molecule has 4 rings (SSSR count). The van der Waals surface area contributed by atoms with Gasteiger partial charge in [0.2, 0.25) is 5.82 Å². The van der Waals surface area contributed by atoms with Gasteiger partial charge < -0.3 is 14.1 Å². The lowest BCUT2D eigenvalue weighted by Gasteiger charge is -2.28. The van der Waals surface area contributed by atoms with E-state index in [1.165, 1.54) is 16.6 Å². The summed E-state index contributed by atoms with van der Waals surface area (Å²) in [6, 6.07) is 6.20. The van der Waals surface area contributed by atoms with Gasteiger partial charge in [0.25, 0.3) is 0 Å². The van der Waals surface area contributed by atoms with Crippen LogP contribution in [-0.4, -0.2) is 61.8 Å². The fourth-order valence-corrected chi connectivity index (χ4v) is 2.66. The molecule has 0 unspecified atom stereocenters. The number of hydrogen-bond acceptors (Lipinski definition) is 8. The third-order valence-electron chi connectivity index (χ3n) is 3.99. The van der Waals surface area contributed by atoms with Gasteiger partial charge >= 0.3 is 5.88 Å². The second-order valence-corrected chi connectivity index (χ2v) is 5.64. The SMILES string of the molecule is CC(=Nc1ccc2nnc(-c3ccc([N+](=O)[O-])o3)n2n1)N1CCOCC1. The van der Waals surface area contributed by atoms with Crippen LogP contribution < -0.4 is 0 Å². The van der Waals surface area contributed by atoms with Crippen molar-refractivity contribution in [3.63, 3.8) is 0 Å². The maximum Gasteiger partial charge on any atom is 0.433 e. The van der Waals surface area contributed by atoms with Crippen molar-refractivity contribution < 1.29 is 14.1 Å². The molecular weight excluding hydrogens is 342 g/mol. The molecule has 3 aromatic rings. The number of fused-ring (bicyclic) bond motifs is 1. The number of rotatable bonds is 3. The summed E-state index contributed by atoms with van der Waals surface area (Å²) in [5.41, 5.74) is 0.488. The fourth-order valence-electron chi connectivity index (χ4n) is 2.66. The third kappa shape index (κ3) is 2.99. The number of morpholine rings is 1. The summed E-state index contributed by atoms with van der Waals surface area (Å²) in [7, 11) is 0. The Kier molecular flexibility index (Phi) is 4.05. The maximum absolute atomic E-state index is 10.8. The summed E-state index contributed by atoms with van der Waals surface area (Å²) >= 11 is 0. The maximum atomic E-state index is 10.8. The predicted molar refractivity (Wildman–Crippen MR) is 90.3 cm³/mol. The second-order valence-electron chi connectivity index (χ2n) is 5.64. The average Bonchev–Trinajstić information content (AvgIpc) is 3.29. The topological polar surface area (TPSA) is 124 Å². The summed E-state index contributed by atoms with van der Waals surface area (Å²) in [4.78, 5) is 16.9. The number of aromatic nitrogens is 4. The summed E-state index contributed by atoms with van der Waals surface area (Å²) in [6.45, 7) is 4.83. The van der Waals surface area contributed by atoms with E-state index in [0.717, 1.165) is 18.9 Å². The van der Waals surface area contributed by atoms with Crippen LogP contribution in [0.4, 0.5) is 11.7 Å². The molecule has 3 aromatic heterocycles. The van der Waals surface area contributed by atoms with Crippen LogP contribution >= 0.6 is 0 Å². The van der Waals surface area contributed by atoms with Gasteiger partial charge in [-0.25, -0.2) is 4.99 Å². The molecule has 0 aliphatic carbocycles. The van der Waals surface area contributed by atoms with Gasteiger partial charge in [0.1, 0.15) is 10.8 Å². The first-order valence-corrected chi connectivity index (χ1v) is 7.97. The second kappa shape index (κ2) is 6.52. The van der Waals surface area contributed by atoms with Gasteiger partial charge in [-0.05, 0) is 25.1 Å². The number of furan rings is 1. The first kappa shape index (κ1) is 16.1. The van der Waals surface area contributed by atoms with Crippen molar-refractivity contribution in [3.05, 3.63) is 34.4 Å². The van der Waals surface area contributed by atoms with Crippen LogP contribution in [0.25, 0.3) is 17.2 Å². The highest BCUT2D eigenvalue weighted by Crippen LogP contribution is 2.25. The van der Waals surface area contributed by atoms with Gasteiger partial charge in [-0.1, -0.05) is 0 Å². The van der Waals surface area contributed by atoms with Crippen molar-refractivity contribution in [1.29, 1.82) is 0 Å². The quantitative estimate of drug-likeness (QED) is 0.300. The van der Waals surface area contributed by atoms with Gasteiger partial charge in [0, 0.05) is 13.1 Å². The Balaban J connectivity index is 1.68. The largest absolute Gasteiger partial charge is 0.433 e. The van der Waals surface area contributed by atoms with Crippen molar-refractivity contribution in [3.8, 4) is 11.6 Å². The Morgan fingerprint density at radius 2 is 2.04 bits per heavy atom. The number of nitrogens with zero attached hydrogens (tertiary/aromatic N) is 7. The lowest BCUT2D eigenvalue weighted by atomic mass is 10.4. The van der Waals surface area contributed by atoms with E-state index >= 15 is 0 Å². The van der Waals surface area contributed by atoms with E-state index in [4.69, 9.17) is 9.15 Å². The molecule has 0 atom stereocenters. The van der Waals surface area contributed by atoms with Crippen LogP contribution in [0.15, 0.2) is 33.7 Å². The first-order chi connectivity index (χ1) is 12.6. The summed E-state index contributed by atoms with van der Waals surface area (Å²) in [5.74, 6) is 1.43. The molecule has 0 saturated carbocycles. The van der Waals surface area contributed by atoms with Crippen molar-refractivity contribution in [1.82, 2.24) is 24.7 Å². The first-order valence-electron chi connectivity index (χ1n) is 7.97. The molecule has 1 fully saturated rings. The van der Waals surface area contributed by atoms with Crippen LogP contribution in [0.2, 0.25) is 0 Å². The van der Waals surface area contributed by atoms with Crippen LogP contribution in [0.5, 0.6) is 0 Å². The van der Waals surface area contributed by atoms with Crippen LogP contribution in [0.3, 0.4) is 0 Å². The van der Waals surface area contributed by atoms with E-state index in [-0.39, 0.29) is 17.5 Å². The monoisotopic (exact) mass is 357 g/mol. The molecule has 0 N–H and O–H groups in total. The molecule has 0 radical (unpaired) electrons. The zero-order valence-electron chi connectivity index (χ0n) is 13.9. The van der Waals surface area contributed by atoms with E-state index < -0.39 is 4.92 Å². The molecule has 11 nitrogen and oxygen atoms in total. The normalized spacial score (nSPS) is 15.6. The number of aliphatic imine (C=N–C) groups is 1. The number of hydrogen-bond donors (Lipinski definition) is 0. The molecule has 11 heteroatoms. The van der Waals surface area contributed by atoms with E-state index in [0.29, 0.717) is 24.7 Å². The van der Waals surface area contributed by atoms with Crippen molar-refractivity contribution in [2.45, 2.75) is 6.92 Å². The van der Waals surface area contributed by atoms with E-state index in [1.54, 1.807) is 12.1 Å². The average molecular weight is 357 g/mol. The van der Waals surface area contributed by atoms with Gasteiger partial charge in [-0.3, -0.25) is 10.1 Å². The molecule has 1 aliphatic rings. The van der Waals surface area contributed by atoms with Gasteiger partial charge in [0.05, 0.1) is 19.3 Å². The van der Waals surface area contributed by atoms with Crippen molar-refractivity contribution in [2.24, 2.45) is 4.99 Å². The lowest BCUT2D eigenvalue weighted by molar-refractivity contribution is -0.401. The van der Waals surface area contributed by atoms with Crippen molar-refractivity contribution >= 4 is 23.2 Å². The molecular formula is C15H15N7O4. The Hall–Kier alpha value is -3.34. The zero-order chi connectivity index (χ0) is 18.1. The van der Waals surface area contributed by atoms with E-state index in [2.05, 4.69) is 25.2 Å². The smallest absolute Gasteiger partial charge is 0.397 e. The third-order valence-corrected chi connectivity index (χ3v) is 3.99. The Labute approximate surface area is 147 Å². The molecule has 0 spiro atoms. The van der Waals surface area contributed by atoms with Gasteiger partial charge in [0.15, 0.2) is 17.2 Å². The number of ether oxygens (including phenoxy) is 1. The highest BCUT2D eigenvalue weighted by atomic mass is 16.6. The van der Waals surface area contributed by atoms with Crippen LogP contribution in [-0.2, 0) is 4.74 Å². The Morgan fingerprint density at radius 3 is 2.77 bits per heavy atom. The molecule has 0 bridgehead atoms. The molecule has 0 amide bonds. The summed E-state index contributed by atoms with van der Waals surface area (Å²) in [6.07, 6.45) is 0. The Morgan fingerprint density at radius 1 is 1.23 bits per heavy atom. The minimum absolute atomic E-state index is 0.211. The van der Waals surface area contributed by atoms with Gasteiger partial charge in [-0.15, -0.1) is 15.3 Å². The molecule has 4 heterocycles. The summed E-state index contributed by atoms with van der Waals surface area (Å²) < 4.78 is 12.0. The van der Waals surface area contributed by atoms with Gasteiger partial charge in [-0.2, -0.15) is 4.52 Å². The predicted octanol–water partition coefficient (Wildman–Crippen LogP) is 1.67. The molecule has 1 saturated heterocycles. The molecule has 134 valence electrons.